The van der Waals surface area contributed by atoms with Crippen LogP contribution in [0.5, 0.6) is 0 Å². The molecular weight excluding hydrogens is 332 g/mol. The predicted octanol–water partition coefficient (Wildman–Crippen LogP) is -0.356. The van der Waals surface area contributed by atoms with Gasteiger partial charge in [0.1, 0.15) is 6.04 Å². The molecule has 2 bridgehead atoms. The van der Waals surface area contributed by atoms with Crippen molar-refractivity contribution >= 4 is 22.4 Å². The Morgan fingerprint density at radius 2 is 2.22 bits per heavy atom. The van der Waals surface area contributed by atoms with Crippen molar-refractivity contribution in [3.05, 3.63) is 17.5 Å². The highest BCUT2D eigenvalue weighted by atomic mass is 32.3. The van der Waals surface area contributed by atoms with Crippen LogP contribution in [0.4, 0.5) is 4.79 Å². The molecule has 0 aromatic carbocycles. The Bertz CT molecular complexity index is 773. The Kier molecular flexibility index (Phi) is 3.54. The molecule has 2 amide bonds. The van der Waals surface area contributed by atoms with Crippen LogP contribution in [0, 0.1) is 0 Å². The summed E-state index contributed by atoms with van der Waals surface area (Å²) in [5.41, 5.74) is 0.901. The zero-order valence-corrected chi connectivity index (χ0v) is 13.1. The molecule has 2 aliphatic heterocycles. The number of amides is 2. The molecule has 1 unspecified atom stereocenters. The largest absolute Gasteiger partial charge is 0.467 e. The van der Waals surface area contributed by atoms with E-state index >= 15 is 0 Å². The maximum absolute atomic E-state index is 12.4. The van der Waals surface area contributed by atoms with E-state index in [9.17, 15) is 18.0 Å². The van der Waals surface area contributed by atoms with Crippen LogP contribution >= 0.6 is 0 Å². The van der Waals surface area contributed by atoms with E-state index in [1.807, 2.05) is 6.92 Å². The predicted molar refractivity (Wildman–Crippen MR) is 72.0 cm³/mol. The molecule has 3 heterocycles. The van der Waals surface area contributed by atoms with Crippen LogP contribution in [0.15, 0.2) is 6.20 Å². The average molecular weight is 346 g/mol. The van der Waals surface area contributed by atoms with Gasteiger partial charge < -0.3 is 9.64 Å². The van der Waals surface area contributed by atoms with E-state index in [4.69, 9.17) is 9.29 Å². The van der Waals surface area contributed by atoms with E-state index in [0.29, 0.717) is 22.9 Å². The van der Waals surface area contributed by atoms with Gasteiger partial charge in [-0.2, -0.15) is 18.6 Å². The number of esters is 1. The van der Waals surface area contributed by atoms with Crippen molar-refractivity contribution in [2.45, 2.75) is 25.6 Å². The van der Waals surface area contributed by atoms with Crippen molar-refractivity contribution in [1.82, 2.24) is 19.7 Å². The van der Waals surface area contributed by atoms with Crippen molar-refractivity contribution in [3.63, 3.8) is 0 Å². The Morgan fingerprint density at radius 1 is 1.52 bits per heavy atom. The molecule has 11 nitrogen and oxygen atoms in total. The maximum Gasteiger partial charge on any atom is 0.418 e. The quantitative estimate of drug-likeness (QED) is 0.578. The summed E-state index contributed by atoms with van der Waals surface area (Å²) in [6.45, 7) is 2.26. The summed E-state index contributed by atoms with van der Waals surface area (Å²) >= 11 is 0. The third kappa shape index (κ3) is 2.34. The first-order chi connectivity index (χ1) is 10.8. The summed E-state index contributed by atoms with van der Waals surface area (Å²) < 4.78 is 41.5. The molecule has 1 aromatic heterocycles. The van der Waals surface area contributed by atoms with Crippen LogP contribution in [-0.4, -0.2) is 58.4 Å². The molecular formula is C11H14N4O7S. The number of hydrogen-bond donors (Lipinski definition) is 1. The van der Waals surface area contributed by atoms with Gasteiger partial charge in [-0.1, -0.05) is 0 Å². The standard InChI is InChI=1S/C11H14N4O7S/c1-3-14-8-6(4-12-14)7-5-13(9(8)10(16)21-2)11(17)15(7)22-23(18,19)20/h4,7,9H,3,5H2,1-2H3,(H,18,19,20)/t7-,9?/m1/s1. The van der Waals surface area contributed by atoms with Crippen LogP contribution in [0.25, 0.3) is 0 Å². The monoisotopic (exact) mass is 346 g/mol. The molecule has 2 atom stereocenters. The number of fused-ring (bicyclic) bond motifs is 4. The highest BCUT2D eigenvalue weighted by Crippen LogP contribution is 2.44. The molecule has 0 radical (unpaired) electrons. The molecule has 1 saturated heterocycles. The van der Waals surface area contributed by atoms with Crippen LogP contribution in [0.2, 0.25) is 0 Å². The van der Waals surface area contributed by atoms with Crippen LogP contribution in [0.1, 0.15) is 30.3 Å². The van der Waals surface area contributed by atoms with Crippen LogP contribution in [-0.2, 0) is 30.8 Å². The number of ether oxygens (including phenoxy) is 1. The number of hydrogen-bond acceptors (Lipinski definition) is 7. The average Bonchev–Trinajstić information content (AvgIpc) is 3.02. The zero-order chi connectivity index (χ0) is 16.9. The first-order valence-electron chi connectivity index (χ1n) is 6.68. The van der Waals surface area contributed by atoms with Crippen molar-refractivity contribution in [1.29, 1.82) is 0 Å². The first-order valence-corrected chi connectivity index (χ1v) is 8.05. The lowest BCUT2D eigenvalue weighted by Gasteiger charge is -2.29. The fraction of sp³-hybridized carbons (Fsp3) is 0.545. The van der Waals surface area contributed by atoms with E-state index in [1.165, 1.54) is 18.0 Å². The van der Waals surface area contributed by atoms with E-state index < -0.39 is 34.5 Å². The second-order valence-corrected chi connectivity index (χ2v) is 6.01. The summed E-state index contributed by atoms with van der Waals surface area (Å²) in [5, 5.41) is 4.66. The van der Waals surface area contributed by atoms with Gasteiger partial charge in [-0.3, -0.25) is 9.23 Å². The number of hydroxylamine groups is 2. The second-order valence-electron chi connectivity index (χ2n) is 5.01. The number of aromatic nitrogens is 2. The van der Waals surface area contributed by atoms with Crippen LogP contribution in [0.3, 0.4) is 0 Å². The Labute approximate surface area is 131 Å². The summed E-state index contributed by atoms with van der Waals surface area (Å²) in [5.74, 6) is -0.679. The maximum atomic E-state index is 12.4. The van der Waals surface area contributed by atoms with Crippen molar-refractivity contribution in [2.24, 2.45) is 0 Å². The van der Waals surface area contributed by atoms with Gasteiger partial charge in [-0.15, -0.1) is 4.28 Å². The zero-order valence-electron chi connectivity index (χ0n) is 12.2. The Morgan fingerprint density at radius 3 is 2.78 bits per heavy atom. The van der Waals surface area contributed by atoms with Gasteiger partial charge >= 0.3 is 22.4 Å². The first kappa shape index (κ1) is 15.7. The molecule has 0 saturated carbocycles. The van der Waals surface area contributed by atoms with Crippen molar-refractivity contribution in [2.75, 3.05) is 13.7 Å². The number of nitrogens with zero attached hydrogens (tertiary/aromatic N) is 4. The summed E-state index contributed by atoms with van der Waals surface area (Å²) in [6.07, 6.45) is 1.44. The molecule has 23 heavy (non-hydrogen) atoms. The van der Waals surface area contributed by atoms with Gasteiger partial charge in [0.15, 0.2) is 6.04 Å². The molecule has 1 fully saturated rings. The van der Waals surface area contributed by atoms with Gasteiger partial charge in [0.25, 0.3) is 0 Å². The minimum atomic E-state index is -4.89. The van der Waals surface area contributed by atoms with Gasteiger partial charge in [0.05, 0.1) is 25.5 Å². The lowest BCUT2D eigenvalue weighted by Crippen LogP contribution is -2.40. The fourth-order valence-corrected chi connectivity index (χ4v) is 3.31. The highest BCUT2D eigenvalue weighted by Gasteiger charge is 2.54. The normalized spacial score (nSPS) is 23.2. The minimum absolute atomic E-state index is 0.0104. The third-order valence-electron chi connectivity index (χ3n) is 3.83. The van der Waals surface area contributed by atoms with E-state index in [2.05, 4.69) is 9.38 Å². The SMILES string of the molecule is CCn1ncc2c1C(C(=O)OC)N1C[C@H]2N(OS(=O)(=O)O)C1=O. The number of urea groups is 1. The number of rotatable bonds is 4. The Hall–Kier alpha value is -2.18. The highest BCUT2D eigenvalue weighted by molar-refractivity contribution is 7.80. The minimum Gasteiger partial charge on any atom is -0.467 e. The topological polar surface area (TPSA) is 131 Å². The summed E-state index contributed by atoms with van der Waals surface area (Å²) in [7, 11) is -3.70. The lowest BCUT2D eigenvalue weighted by molar-refractivity contribution is -0.146. The molecule has 2 aliphatic rings. The molecule has 12 heteroatoms. The molecule has 0 aliphatic carbocycles. The summed E-state index contributed by atoms with van der Waals surface area (Å²) in [6, 6.07) is -2.72. The molecule has 3 rings (SSSR count). The van der Waals surface area contributed by atoms with Crippen molar-refractivity contribution < 1.29 is 31.6 Å². The smallest absolute Gasteiger partial charge is 0.418 e. The molecule has 1 aromatic rings. The van der Waals surface area contributed by atoms with Crippen LogP contribution < -0.4 is 0 Å². The van der Waals surface area contributed by atoms with Gasteiger partial charge in [-0.05, 0) is 6.92 Å². The third-order valence-corrected chi connectivity index (χ3v) is 4.17. The number of carbonyl (C=O) groups excluding carboxylic acids is 2. The Balaban J connectivity index is 2.12. The van der Waals surface area contributed by atoms with Gasteiger partial charge in [-0.25, -0.2) is 9.59 Å². The molecule has 1 N–H and O–H groups in total. The fourth-order valence-electron chi connectivity index (χ4n) is 2.94. The summed E-state index contributed by atoms with van der Waals surface area (Å²) in [4.78, 5) is 25.6. The van der Waals surface area contributed by atoms with Gasteiger partial charge in [0.2, 0.25) is 0 Å². The number of carbonyl (C=O) groups is 2. The van der Waals surface area contributed by atoms with E-state index in [1.54, 1.807) is 0 Å². The molecule has 126 valence electrons. The molecule has 0 spiro atoms. The number of aryl methyl sites for hydroxylation is 1. The number of methoxy groups -OCH3 is 1. The lowest BCUT2D eigenvalue weighted by atomic mass is 9.98. The van der Waals surface area contributed by atoms with E-state index in [-0.39, 0.29) is 6.54 Å². The van der Waals surface area contributed by atoms with Gasteiger partial charge in [0, 0.05) is 12.1 Å². The van der Waals surface area contributed by atoms with E-state index in [0.717, 1.165) is 4.90 Å². The van der Waals surface area contributed by atoms with Crippen molar-refractivity contribution in [3.8, 4) is 0 Å². The second kappa shape index (κ2) is 5.18.